The van der Waals surface area contributed by atoms with Crippen LogP contribution in [0.2, 0.25) is 5.02 Å². The maximum absolute atomic E-state index is 12.5. The van der Waals surface area contributed by atoms with E-state index in [-0.39, 0.29) is 11.6 Å². The first-order chi connectivity index (χ1) is 14.9. The molecule has 1 heterocycles. The highest BCUT2D eigenvalue weighted by Gasteiger charge is 2.14. The van der Waals surface area contributed by atoms with Gasteiger partial charge >= 0.3 is 0 Å². The largest absolute Gasteiger partial charge is 0.322 e. The molecule has 0 aliphatic rings. The number of nitro groups is 1. The Morgan fingerprint density at radius 2 is 1.71 bits per heavy atom. The van der Waals surface area contributed by atoms with Gasteiger partial charge in [-0.2, -0.15) is 0 Å². The predicted octanol–water partition coefficient (Wildman–Crippen LogP) is 6.60. The SMILES string of the molecule is Cc1cc(C(=O)Nc2ccc(-c3csc(-c4ccc(Cl)cc4)n3)cc2)ccc1[N+](=O)[O-]. The van der Waals surface area contributed by atoms with Crippen LogP contribution in [-0.4, -0.2) is 15.8 Å². The number of benzene rings is 3. The number of thiazole rings is 1. The second-order valence-corrected chi connectivity index (χ2v) is 8.13. The Morgan fingerprint density at radius 1 is 1.03 bits per heavy atom. The van der Waals surface area contributed by atoms with Crippen molar-refractivity contribution in [3.05, 3.63) is 98.4 Å². The molecule has 0 aliphatic heterocycles. The molecule has 3 aromatic carbocycles. The molecular weight excluding hydrogens is 434 g/mol. The van der Waals surface area contributed by atoms with Gasteiger partial charge in [0.1, 0.15) is 5.01 Å². The molecule has 0 atom stereocenters. The molecule has 0 fully saturated rings. The summed E-state index contributed by atoms with van der Waals surface area (Å²) in [6.45, 7) is 1.61. The first-order valence-electron chi connectivity index (χ1n) is 9.29. The van der Waals surface area contributed by atoms with Crippen LogP contribution in [-0.2, 0) is 0 Å². The van der Waals surface area contributed by atoms with Crippen molar-refractivity contribution in [1.82, 2.24) is 4.98 Å². The van der Waals surface area contributed by atoms with Crippen molar-refractivity contribution < 1.29 is 9.72 Å². The zero-order valence-electron chi connectivity index (χ0n) is 16.3. The van der Waals surface area contributed by atoms with E-state index in [1.807, 2.05) is 41.8 Å². The van der Waals surface area contributed by atoms with Gasteiger partial charge in [0.15, 0.2) is 0 Å². The summed E-state index contributed by atoms with van der Waals surface area (Å²) in [5, 5.41) is 17.3. The number of carbonyl (C=O) groups excluding carboxylic acids is 1. The number of nitrogens with zero attached hydrogens (tertiary/aromatic N) is 2. The van der Waals surface area contributed by atoms with E-state index in [0.29, 0.717) is 21.8 Å². The number of nitro benzene ring substituents is 1. The Morgan fingerprint density at radius 3 is 2.35 bits per heavy atom. The van der Waals surface area contributed by atoms with E-state index in [1.165, 1.54) is 18.2 Å². The summed E-state index contributed by atoms with van der Waals surface area (Å²) in [6.07, 6.45) is 0. The van der Waals surface area contributed by atoms with Gasteiger partial charge in [0.25, 0.3) is 11.6 Å². The molecule has 4 aromatic rings. The molecule has 0 saturated heterocycles. The fourth-order valence-electron chi connectivity index (χ4n) is 3.06. The molecule has 1 aromatic heterocycles. The number of halogens is 1. The molecule has 8 heteroatoms. The van der Waals surface area contributed by atoms with Crippen molar-refractivity contribution >= 4 is 40.2 Å². The molecule has 0 bridgehead atoms. The third-order valence-corrected chi connectivity index (χ3v) is 5.83. The van der Waals surface area contributed by atoms with Crippen LogP contribution in [0.3, 0.4) is 0 Å². The molecule has 6 nitrogen and oxygen atoms in total. The second kappa shape index (κ2) is 8.67. The number of hydrogen-bond donors (Lipinski definition) is 1. The van der Waals surface area contributed by atoms with Crippen molar-refractivity contribution in [1.29, 1.82) is 0 Å². The van der Waals surface area contributed by atoms with Gasteiger partial charge in [-0.15, -0.1) is 11.3 Å². The van der Waals surface area contributed by atoms with E-state index in [2.05, 4.69) is 10.3 Å². The third-order valence-electron chi connectivity index (χ3n) is 4.69. The van der Waals surface area contributed by atoms with Crippen molar-refractivity contribution in [3.63, 3.8) is 0 Å². The van der Waals surface area contributed by atoms with Crippen molar-refractivity contribution in [3.8, 4) is 21.8 Å². The number of aromatic nitrogens is 1. The van der Waals surface area contributed by atoms with E-state index in [4.69, 9.17) is 11.6 Å². The summed E-state index contributed by atoms with van der Waals surface area (Å²) >= 11 is 7.49. The Kier molecular flexibility index (Phi) is 5.79. The minimum absolute atomic E-state index is 0.0119. The summed E-state index contributed by atoms with van der Waals surface area (Å²) in [4.78, 5) is 27.6. The Bertz CT molecular complexity index is 1270. The number of nitrogens with one attached hydrogen (secondary N) is 1. The summed E-state index contributed by atoms with van der Waals surface area (Å²) in [6, 6.07) is 19.2. The van der Waals surface area contributed by atoms with E-state index in [1.54, 1.807) is 30.4 Å². The summed E-state index contributed by atoms with van der Waals surface area (Å²) < 4.78 is 0. The van der Waals surface area contributed by atoms with Crippen LogP contribution in [0.1, 0.15) is 15.9 Å². The average molecular weight is 450 g/mol. The van der Waals surface area contributed by atoms with Crippen LogP contribution in [0.25, 0.3) is 21.8 Å². The zero-order chi connectivity index (χ0) is 22.0. The maximum atomic E-state index is 12.5. The molecule has 1 amide bonds. The number of hydrogen-bond acceptors (Lipinski definition) is 5. The van der Waals surface area contributed by atoms with Crippen LogP contribution in [0, 0.1) is 17.0 Å². The van der Waals surface area contributed by atoms with E-state index in [9.17, 15) is 14.9 Å². The predicted molar refractivity (Wildman–Crippen MR) is 124 cm³/mol. The summed E-state index contributed by atoms with van der Waals surface area (Å²) in [7, 11) is 0. The van der Waals surface area contributed by atoms with E-state index < -0.39 is 4.92 Å². The normalized spacial score (nSPS) is 10.6. The highest BCUT2D eigenvalue weighted by molar-refractivity contribution is 7.13. The lowest BCUT2D eigenvalue weighted by molar-refractivity contribution is -0.385. The topological polar surface area (TPSA) is 85.1 Å². The van der Waals surface area contributed by atoms with Gasteiger partial charge in [-0.1, -0.05) is 35.9 Å². The van der Waals surface area contributed by atoms with Crippen LogP contribution in [0.5, 0.6) is 0 Å². The van der Waals surface area contributed by atoms with Crippen LogP contribution < -0.4 is 5.32 Å². The number of aryl methyl sites for hydroxylation is 1. The van der Waals surface area contributed by atoms with Crippen LogP contribution >= 0.6 is 22.9 Å². The minimum Gasteiger partial charge on any atom is -0.322 e. The second-order valence-electron chi connectivity index (χ2n) is 6.83. The number of carbonyl (C=O) groups is 1. The molecule has 0 saturated carbocycles. The molecule has 31 heavy (non-hydrogen) atoms. The highest BCUT2D eigenvalue weighted by Crippen LogP contribution is 2.30. The van der Waals surface area contributed by atoms with Crippen LogP contribution in [0.15, 0.2) is 72.1 Å². The zero-order valence-corrected chi connectivity index (χ0v) is 17.9. The van der Waals surface area contributed by atoms with Gasteiger partial charge in [-0.3, -0.25) is 14.9 Å². The summed E-state index contributed by atoms with van der Waals surface area (Å²) in [5.41, 5.74) is 4.19. The molecule has 0 radical (unpaired) electrons. The van der Waals surface area contributed by atoms with Gasteiger partial charge in [0.05, 0.1) is 10.6 Å². The molecule has 154 valence electrons. The van der Waals surface area contributed by atoms with Gasteiger partial charge in [-0.25, -0.2) is 4.98 Å². The number of rotatable bonds is 5. The molecule has 0 spiro atoms. The van der Waals surface area contributed by atoms with Gasteiger partial charge < -0.3 is 5.32 Å². The summed E-state index contributed by atoms with van der Waals surface area (Å²) in [5.74, 6) is -0.329. The van der Waals surface area contributed by atoms with Crippen molar-refractivity contribution in [2.45, 2.75) is 6.92 Å². The lowest BCUT2D eigenvalue weighted by atomic mass is 10.1. The van der Waals surface area contributed by atoms with Gasteiger partial charge in [0, 0.05) is 44.4 Å². The Balaban J connectivity index is 1.47. The lowest BCUT2D eigenvalue weighted by Gasteiger charge is -2.07. The van der Waals surface area contributed by atoms with Gasteiger partial charge in [0.2, 0.25) is 0 Å². The maximum Gasteiger partial charge on any atom is 0.272 e. The molecule has 0 aliphatic carbocycles. The Hall–Kier alpha value is -3.55. The first-order valence-corrected chi connectivity index (χ1v) is 10.5. The van der Waals surface area contributed by atoms with Crippen molar-refractivity contribution in [2.75, 3.05) is 5.32 Å². The quantitative estimate of drug-likeness (QED) is 0.274. The lowest BCUT2D eigenvalue weighted by Crippen LogP contribution is -2.12. The fourth-order valence-corrected chi connectivity index (χ4v) is 4.02. The highest BCUT2D eigenvalue weighted by atomic mass is 35.5. The Labute approximate surface area is 187 Å². The minimum atomic E-state index is -0.466. The van der Waals surface area contributed by atoms with Crippen LogP contribution in [0.4, 0.5) is 11.4 Å². The van der Waals surface area contributed by atoms with E-state index in [0.717, 1.165) is 21.8 Å². The van der Waals surface area contributed by atoms with Gasteiger partial charge in [-0.05, 0) is 43.3 Å². The number of amides is 1. The smallest absolute Gasteiger partial charge is 0.272 e. The molecular formula is C23H16ClN3O3S. The van der Waals surface area contributed by atoms with Crippen molar-refractivity contribution in [2.24, 2.45) is 0 Å². The number of anilines is 1. The first kappa shape index (κ1) is 20.7. The molecule has 4 rings (SSSR count). The molecule has 1 N–H and O–H groups in total. The van der Waals surface area contributed by atoms with E-state index >= 15 is 0 Å². The average Bonchev–Trinajstić information content (AvgIpc) is 3.24. The third kappa shape index (κ3) is 4.63. The molecule has 0 unspecified atom stereocenters. The fraction of sp³-hybridized carbons (Fsp3) is 0.0435. The standard InChI is InChI=1S/C23H16ClN3O3S/c1-14-12-17(6-11-21(14)27(29)30)22(28)25-19-9-4-15(5-10-19)20-13-31-23(26-20)16-2-7-18(24)8-3-16/h2-13H,1H3,(H,25,28). The monoisotopic (exact) mass is 449 g/mol.